The van der Waals surface area contributed by atoms with Crippen molar-refractivity contribution >= 4 is 6.29 Å². The van der Waals surface area contributed by atoms with Gasteiger partial charge in [-0.3, -0.25) is 4.79 Å². The minimum absolute atomic E-state index is 0.410. The Kier molecular flexibility index (Phi) is 3.23. The molecule has 0 saturated heterocycles. The average Bonchev–Trinajstić information content (AvgIpc) is 2.84. The fourth-order valence-electron chi connectivity index (χ4n) is 2.54. The van der Waals surface area contributed by atoms with Crippen LogP contribution >= 0.6 is 0 Å². The molecule has 0 radical (unpaired) electrons. The van der Waals surface area contributed by atoms with Crippen LogP contribution in [0.15, 0.2) is 28.6 Å². The Labute approximate surface area is 103 Å². The third-order valence-electron chi connectivity index (χ3n) is 3.66. The zero-order chi connectivity index (χ0) is 12.5. The van der Waals surface area contributed by atoms with Gasteiger partial charge in [-0.25, -0.2) is 0 Å². The van der Waals surface area contributed by atoms with E-state index in [0.717, 1.165) is 18.3 Å². The standard InChI is InChI=1S/C15H20O2/c1-11(12-4-5-15(2,3)7-12)6-13-9-17-10-14(13)8-16/h4,8-11H,5-7H2,1-3H3/t11-/m1/s1. The van der Waals surface area contributed by atoms with E-state index in [1.807, 2.05) is 0 Å². The van der Waals surface area contributed by atoms with Gasteiger partial charge in [0.15, 0.2) is 6.29 Å². The van der Waals surface area contributed by atoms with Crippen molar-refractivity contribution in [2.75, 3.05) is 0 Å². The van der Waals surface area contributed by atoms with E-state index in [9.17, 15) is 4.79 Å². The SMILES string of the molecule is C[C@H](Cc1cocc1C=O)C1=CCC(C)(C)C1. The molecule has 17 heavy (non-hydrogen) atoms. The number of hydrogen-bond acceptors (Lipinski definition) is 2. The molecule has 0 spiro atoms. The first-order chi connectivity index (χ1) is 8.02. The van der Waals surface area contributed by atoms with Gasteiger partial charge in [-0.2, -0.15) is 0 Å². The number of aldehydes is 1. The molecule has 0 unspecified atom stereocenters. The minimum atomic E-state index is 0.410. The van der Waals surface area contributed by atoms with E-state index in [4.69, 9.17) is 4.42 Å². The molecule has 1 aliphatic rings. The van der Waals surface area contributed by atoms with Crippen molar-refractivity contribution in [1.82, 2.24) is 0 Å². The van der Waals surface area contributed by atoms with Gasteiger partial charge >= 0.3 is 0 Å². The summed E-state index contributed by atoms with van der Waals surface area (Å²) < 4.78 is 5.09. The fourth-order valence-corrected chi connectivity index (χ4v) is 2.54. The van der Waals surface area contributed by atoms with Gasteiger partial charge in [0.25, 0.3) is 0 Å². The van der Waals surface area contributed by atoms with Crippen molar-refractivity contribution in [1.29, 1.82) is 0 Å². The molecule has 1 aliphatic carbocycles. The van der Waals surface area contributed by atoms with Gasteiger partial charge < -0.3 is 4.42 Å². The third kappa shape index (κ3) is 2.68. The predicted octanol–water partition coefficient (Wildman–Crippen LogP) is 4.02. The monoisotopic (exact) mass is 232 g/mol. The molecule has 2 nitrogen and oxygen atoms in total. The highest BCUT2D eigenvalue weighted by atomic mass is 16.3. The summed E-state index contributed by atoms with van der Waals surface area (Å²) in [7, 11) is 0. The van der Waals surface area contributed by atoms with Gasteiger partial charge in [-0.15, -0.1) is 0 Å². The third-order valence-corrected chi connectivity index (χ3v) is 3.66. The van der Waals surface area contributed by atoms with E-state index in [1.54, 1.807) is 6.26 Å². The van der Waals surface area contributed by atoms with Gasteiger partial charge in [0, 0.05) is 5.56 Å². The predicted molar refractivity (Wildman–Crippen MR) is 68.1 cm³/mol. The second-order valence-corrected chi connectivity index (χ2v) is 5.90. The van der Waals surface area contributed by atoms with Gasteiger partial charge in [0.2, 0.25) is 0 Å². The Balaban J connectivity index is 2.03. The smallest absolute Gasteiger partial charge is 0.153 e. The summed E-state index contributed by atoms with van der Waals surface area (Å²) in [6.45, 7) is 6.84. The first-order valence-electron chi connectivity index (χ1n) is 6.21. The number of furan rings is 1. The van der Waals surface area contributed by atoms with E-state index in [-0.39, 0.29) is 0 Å². The number of hydrogen-bond donors (Lipinski definition) is 0. The van der Waals surface area contributed by atoms with Crippen molar-refractivity contribution in [2.45, 2.75) is 40.0 Å². The molecule has 0 aromatic carbocycles. The highest BCUT2D eigenvalue weighted by Gasteiger charge is 2.27. The zero-order valence-corrected chi connectivity index (χ0v) is 10.8. The Hall–Kier alpha value is -1.31. The maximum absolute atomic E-state index is 10.8. The number of carbonyl (C=O) groups excluding carboxylic acids is 1. The Bertz CT molecular complexity index is 438. The van der Waals surface area contributed by atoms with Crippen LogP contribution in [0.1, 0.15) is 49.5 Å². The molecule has 0 bridgehead atoms. The van der Waals surface area contributed by atoms with Crippen LogP contribution in [0.25, 0.3) is 0 Å². The van der Waals surface area contributed by atoms with Crippen LogP contribution in [0, 0.1) is 11.3 Å². The lowest BCUT2D eigenvalue weighted by Gasteiger charge is -2.19. The Morgan fingerprint density at radius 1 is 1.47 bits per heavy atom. The van der Waals surface area contributed by atoms with Crippen LogP contribution in [0.4, 0.5) is 0 Å². The molecule has 1 aromatic heterocycles. The zero-order valence-electron chi connectivity index (χ0n) is 10.8. The second kappa shape index (κ2) is 4.52. The first-order valence-corrected chi connectivity index (χ1v) is 6.21. The van der Waals surface area contributed by atoms with E-state index < -0.39 is 0 Å². The van der Waals surface area contributed by atoms with Crippen LogP contribution in [-0.2, 0) is 6.42 Å². The van der Waals surface area contributed by atoms with Gasteiger partial charge in [-0.05, 0) is 30.6 Å². The lowest BCUT2D eigenvalue weighted by molar-refractivity contribution is 0.112. The van der Waals surface area contributed by atoms with Crippen molar-refractivity contribution in [3.05, 3.63) is 35.3 Å². The summed E-state index contributed by atoms with van der Waals surface area (Å²) in [6, 6.07) is 0. The molecule has 1 aromatic rings. The van der Waals surface area contributed by atoms with E-state index in [2.05, 4.69) is 26.8 Å². The molecule has 0 amide bonds. The highest BCUT2D eigenvalue weighted by molar-refractivity contribution is 5.76. The van der Waals surface area contributed by atoms with Crippen molar-refractivity contribution in [3.8, 4) is 0 Å². The number of rotatable bonds is 4. The summed E-state index contributed by atoms with van der Waals surface area (Å²) in [5.74, 6) is 0.494. The molecule has 1 heterocycles. The Morgan fingerprint density at radius 3 is 2.82 bits per heavy atom. The van der Waals surface area contributed by atoms with E-state index >= 15 is 0 Å². The maximum atomic E-state index is 10.8. The van der Waals surface area contributed by atoms with Gasteiger partial charge in [-0.1, -0.05) is 32.4 Å². The topological polar surface area (TPSA) is 30.2 Å². The lowest BCUT2D eigenvalue weighted by Crippen LogP contribution is -2.09. The molecule has 0 fully saturated rings. The molecular weight excluding hydrogens is 212 g/mol. The summed E-state index contributed by atoms with van der Waals surface area (Å²) in [5, 5.41) is 0. The molecule has 0 aliphatic heterocycles. The molecule has 1 atom stereocenters. The molecular formula is C15H20O2. The summed E-state index contributed by atoms with van der Waals surface area (Å²) in [6.07, 6.45) is 9.69. The molecule has 2 rings (SSSR count). The minimum Gasteiger partial charge on any atom is -0.472 e. The maximum Gasteiger partial charge on any atom is 0.153 e. The second-order valence-electron chi connectivity index (χ2n) is 5.90. The van der Waals surface area contributed by atoms with E-state index in [1.165, 1.54) is 24.7 Å². The van der Waals surface area contributed by atoms with Crippen LogP contribution in [-0.4, -0.2) is 6.29 Å². The van der Waals surface area contributed by atoms with Crippen LogP contribution < -0.4 is 0 Å². The van der Waals surface area contributed by atoms with Crippen molar-refractivity contribution < 1.29 is 9.21 Å². The van der Waals surface area contributed by atoms with Gasteiger partial charge in [0.05, 0.1) is 11.8 Å². The quantitative estimate of drug-likeness (QED) is 0.580. The molecule has 2 heteroatoms. The van der Waals surface area contributed by atoms with Crippen LogP contribution in [0.2, 0.25) is 0 Å². The van der Waals surface area contributed by atoms with E-state index in [0.29, 0.717) is 16.9 Å². The van der Waals surface area contributed by atoms with Crippen LogP contribution in [0.5, 0.6) is 0 Å². The van der Waals surface area contributed by atoms with Crippen LogP contribution in [0.3, 0.4) is 0 Å². The average molecular weight is 232 g/mol. The summed E-state index contributed by atoms with van der Waals surface area (Å²) in [4.78, 5) is 10.8. The first kappa shape index (κ1) is 12.2. The molecule has 92 valence electrons. The Morgan fingerprint density at radius 2 is 2.24 bits per heavy atom. The van der Waals surface area contributed by atoms with Gasteiger partial charge in [0.1, 0.15) is 6.26 Å². The lowest BCUT2D eigenvalue weighted by atomic mass is 9.85. The fraction of sp³-hybridized carbons (Fsp3) is 0.533. The largest absolute Gasteiger partial charge is 0.472 e. The normalized spacial score (nSPS) is 20.1. The van der Waals surface area contributed by atoms with Crippen molar-refractivity contribution in [2.24, 2.45) is 11.3 Å². The van der Waals surface area contributed by atoms with Crippen molar-refractivity contribution in [3.63, 3.8) is 0 Å². The highest BCUT2D eigenvalue weighted by Crippen LogP contribution is 2.40. The number of allylic oxidation sites excluding steroid dienone is 2. The summed E-state index contributed by atoms with van der Waals surface area (Å²) in [5.41, 5.74) is 3.65. The molecule has 0 saturated carbocycles. The number of carbonyl (C=O) groups is 1. The molecule has 0 N–H and O–H groups in total. The summed E-state index contributed by atoms with van der Waals surface area (Å²) >= 11 is 0.